The van der Waals surface area contributed by atoms with Gasteiger partial charge in [0, 0.05) is 31.6 Å². The molecule has 8 heteroatoms. The fourth-order valence-corrected chi connectivity index (χ4v) is 4.50. The summed E-state index contributed by atoms with van der Waals surface area (Å²) < 4.78 is 44.2. The number of halogens is 4. The summed E-state index contributed by atoms with van der Waals surface area (Å²) in [5.41, 5.74) is 0.380. The number of anilines is 1. The second-order valence-electron chi connectivity index (χ2n) is 7.37. The van der Waals surface area contributed by atoms with Gasteiger partial charge in [0.05, 0.1) is 7.11 Å². The van der Waals surface area contributed by atoms with Crippen LogP contribution < -0.4 is 9.64 Å². The van der Waals surface area contributed by atoms with Crippen LogP contribution in [0.3, 0.4) is 0 Å². The van der Waals surface area contributed by atoms with Gasteiger partial charge in [-0.2, -0.15) is 13.2 Å². The van der Waals surface area contributed by atoms with Crippen LogP contribution in [0.4, 0.5) is 19.0 Å². The molecule has 1 aromatic heterocycles. The molecule has 2 fully saturated rings. The lowest BCUT2D eigenvalue weighted by atomic mass is 9.89. The fraction of sp³-hybridized carbons (Fsp3) is 0.450. The van der Waals surface area contributed by atoms with Crippen LogP contribution in [0, 0.1) is 11.8 Å². The number of benzene rings is 1. The standard InChI is InChI=1S/C20H22F3N3O.ClH/c1-25-10-14-11-26(18-5-3-4-17(24-18)20(21,22)23)12-16(14)19(25)13-6-8-15(27-2)9-7-13;/h3-9,14,16,19H,10-12H2,1-2H3;1H/t14-,16+,19+;/m0./s1. The van der Waals surface area contributed by atoms with Crippen LogP contribution >= 0.6 is 12.4 Å². The SMILES string of the molecule is COc1ccc([C@@H]2[C@@H]3CN(c4cccc(C(F)(F)F)n4)C[C@@H]3CN2C)cc1.Cl. The van der Waals surface area contributed by atoms with E-state index in [1.807, 2.05) is 17.0 Å². The Kier molecular flexibility index (Phi) is 5.77. The molecule has 2 aliphatic heterocycles. The Bertz CT molecular complexity index is 815. The maximum absolute atomic E-state index is 13.0. The smallest absolute Gasteiger partial charge is 0.433 e. The minimum absolute atomic E-state index is 0. The molecule has 0 unspecified atom stereocenters. The molecular formula is C20H23ClF3N3O. The van der Waals surface area contributed by atoms with E-state index < -0.39 is 11.9 Å². The van der Waals surface area contributed by atoms with E-state index in [0.717, 1.165) is 24.9 Å². The second-order valence-corrected chi connectivity index (χ2v) is 7.37. The number of pyridine rings is 1. The minimum atomic E-state index is -4.42. The monoisotopic (exact) mass is 413 g/mol. The molecular weight excluding hydrogens is 391 g/mol. The summed E-state index contributed by atoms with van der Waals surface area (Å²) in [4.78, 5) is 8.20. The Morgan fingerprint density at radius 2 is 1.75 bits per heavy atom. The van der Waals surface area contributed by atoms with Gasteiger partial charge in [-0.3, -0.25) is 4.90 Å². The van der Waals surface area contributed by atoms with Gasteiger partial charge in [-0.05, 0) is 42.8 Å². The first-order valence-corrected chi connectivity index (χ1v) is 9.00. The summed E-state index contributed by atoms with van der Waals surface area (Å²) in [7, 11) is 3.75. The summed E-state index contributed by atoms with van der Waals surface area (Å²) in [6.07, 6.45) is -4.42. The number of ether oxygens (including phenoxy) is 1. The first-order chi connectivity index (χ1) is 12.9. The summed E-state index contributed by atoms with van der Waals surface area (Å²) in [6.45, 7) is 2.37. The number of hydrogen-bond acceptors (Lipinski definition) is 4. The molecule has 2 saturated heterocycles. The molecule has 4 nitrogen and oxygen atoms in total. The molecule has 0 bridgehead atoms. The molecule has 0 aliphatic carbocycles. The van der Waals surface area contributed by atoms with E-state index in [1.165, 1.54) is 11.6 Å². The summed E-state index contributed by atoms with van der Waals surface area (Å²) >= 11 is 0. The van der Waals surface area contributed by atoms with Crippen molar-refractivity contribution in [3.63, 3.8) is 0 Å². The van der Waals surface area contributed by atoms with E-state index in [1.54, 1.807) is 13.2 Å². The highest BCUT2D eigenvalue weighted by atomic mass is 35.5. The van der Waals surface area contributed by atoms with Gasteiger partial charge in [0.1, 0.15) is 17.3 Å². The van der Waals surface area contributed by atoms with Crippen molar-refractivity contribution in [1.82, 2.24) is 9.88 Å². The van der Waals surface area contributed by atoms with E-state index >= 15 is 0 Å². The van der Waals surface area contributed by atoms with Crippen molar-refractivity contribution < 1.29 is 17.9 Å². The lowest BCUT2D eigenvalue weighted by molar-refractivity contribution is -0.141. The van der Waals surface area contributed by atoms with E-state index in [4.69, 9.17) is 4.74 Å². The van der Waals surface area contributed by atoms with Crippen LogP contribution in [0.2, 0.25) is 0 Å². The predicted molar refractivity (Wildman–Crippen MR) is 104 cm³/mol. The van der Waals surface area contributed by atoms with Crippen LogP contribution in [0.5, 0.6) is 5.75 Å². The van der Waals surface area contributed by atoms with Crippen molar-refractivity contribution >= 4 is 18.2 Å². The Labute approximate surface area is 168 Å². The molecule has 3 atom stereocenters. The molecule has 0 saturated carbocycles. The number of aromatic nitrogens is 1. The highest BCUT2D eigenvalue weighted by molar-refractivity contribution is 5.85. The number of rotatable bonds is 3. The van der Waals surface area contributed by atoms with Crippen LogP contribution in [-0.4, -0.2) is 43.7 Å². The number of nitrogens with zero attached hydrogens (tertiary/aromatic N) is 3. The summed E-state index contributed by atoms with van der Waals surface area (Å²) in [6, 6.07) is 12.4. The third-order valence-electron chi connectivity index (χ3n) is 5.70. The quantitative estimate of drug-likeness (QED) is 0.751. The van der Waals surface area contributed by atoms with Crippen LogP contribution in [0.15, 0.2) is 42.5 Å². The molecule has 0 spiro atoms. The Morgan fingerprint density at radius 3 is 2.39 bits per heavy atom. The van der Waals surface area contributed by atoms with E-state index in [9.17, 15) is 13.2 Å². The maximum atomic E-state index is 13.0. The lowest BCUT2D eigenvalue weighted by Crippen LogP contribution is -2.29. The molecule has 0 radical (unpaired) electrons. The van der Waals surface area contributed by atoms with Crippen molar-refractivity contribution in [1.29, 1.82) is 0 Å². The molecule has 4 rings (SSSR count). The zero-order valence-corrected chi connectivity index (χ0v) is 16.5. The van der Waals surface area contributed by atoms with Gasteiger partial charge in [-0.25, -0.2) is 4.98 Å². The van der Waals surface area contributed by atoms with Crippen molar-refractivity contribution in [2.75, 3.05) is 38.7 Å². The molecule has 2 aromatic rings. The largest absolute Gasteiger partial charge is 0.497 e. The van der Waals surface area contributed by atoms with Gasteiger partial charge in [-0.1, -0.05) is 18.2 Å². The third kappa shape index (κ3) is 3.78. The number of methoxy groups -OCH3 is 1. The number of fused-ring (bicyclic) bond motifs is 1. The van der Waals surface area contributed by atoms with E-state index in [2.05, 4.69) is 29.1 Å². The van der Waals surface area contributed by atoms with Crippen LogP contribution in [0.1, 0.15) is 17.3 Å². The second kappa shape index (κ2) is 7.79. The van der Waals surface area contributed by atoms with Crippen LogP contribution in [-0.2, 0) is 6.18 Å². The topological polar surface area (TPSA) is 28.6 Å². The van der Waals surface area contributed by atoms with Crippen molar-refractivity contribution in [2.45, 2.75) is 12.2 Å². The van der Waals surface area contributed by atoms with Gasteiger partial charge < -0.3 is 9.64 Å². The Balaban J connectivity index is 0.00000225. The van der Waals surface area contributed by atoms with Gasteiger partial charge in [0.2, 0.25) is 0 Å². The van der Waals surface area contributed by atoms with E-state index in [-0.39, 0.29) is 18.4 Å². The molecule has 0 amide bonds. The molecule has 2 aliphatic rings. The van der Waals surface area contributed by atoms with Crippen molar-refractivity contribution in [2.24, 2.45) is 11.8 Å². The van der Waals surface area contributed by atoms with Gasteiger partial charge in [-0.15, -0.1) is 12.4 Å². The predicted octanol–water partition coefficient (Wildman–Crippen LogP) is 4.27. The Morgan fingerprint density at radius 1 is 1.04 bits per heavy atom. The van der Waals surface area contributed by atoms with Gasteiger partial charge in [0.15, 0.2) is 0 Å². The average Bonchev–Trinajstić information content (AvgIpc) is 3.18. The van der Waals surface area contributed by atoms with E-state index in [0.29, 0.717) is 24.2 Å². The van der Waals surface area contributed by atoms with Gasteiger partial charge >= 0.3 is 6.18 Å². The maximum Gasteiger partial charge on any atom is 0.433 e. The highest BCUT2D eigenvalue weighted by Gasteiger charge is 2.46. The van der Waals surface area contributed by atoms with Gasteiger partial charge in [0.25, 0.3) is 0 Å². The number of likely N-dealkylation sites (tertiary alicyclic amines) is 1. The minimum Gasteiger partial charge on any atom is -0.497 e. The zero-order valence-electron chi connectivity index (χ0n) is 15.7. The highest BCUT2D eigenvalue weighted by Crippen LogP contribution is 2.45. The zero-order chi connectivity index (χ0) is 19.2. The van der Waals surface area contributed by atoms with Crippen LogP contribution in [0.25, 0.3) is 0 Å². The fourth-order valence-electron chi connectivity index (χ4n) is 4.50. The molecule has 28 heavy (non-hydrogen) atoms. The summed E-state index contributed by atoms with van der Waals surface area (Å²) in [5, 5.41) is 0. The molecule has 1 aromatic carbocycles. The number of hydrogen-bond donors (Lipinski definition) is 0. The number of alkyl halides is 3. The lowest BCUT2D eigenvalue weighted by Gasteiger charge is -2.27. The first kappa shape index (κ1) is 20.7. The normalized spacial score (nSPS) is 24.8. The van der Waals surface area contributed by atoms with Crippen molar-refractivity contribution in [3.05, 3.63) is 53.7 Å². The van der Waals surface area contributed by atoms with Crippen molar-refractivity contribution in [3.8, 4) is 5.75 Å². The molecule has 152 valence electrons. The molecule has 3 heterocycles. The first-order valence-electron chi connectivity index (χ1n) is 9.00. The third-order valence-corrected chi connectivity index (χ3v) is 5.70. The molecule has 0 N–H and O–H groups in total. The average molecular weight is 414 g/mol. The summed E-state index contributed by atoms with van der Waals surface area (Å²) in [5.74, 6) is 2.01. The Hall–Kier alpha value is -1.99.